The van der Waals surface area contributed by atoms with Gasteiger partial charge in [0, 0.05) is 38.4 Å². The number of alkyl halides is 3. The van der Waals surface area contributed by atoms with Crippen LogP contribution in [0, 0.1) is 0 Å². The standard InChI is InChI=1S/C24H31F3N4O4S/c1-23(2,3)35-22(32)31-13-11-30(12-14-31)21-15-20(24(25,26)27)10-9-19(21)16-28-29-36(33,34)17-18-7-5-4-6-8-18/h4-10,15,28-29H,11-14,16-17H2,1-3H3. The highest BCUT2D eigenvalue weighted by Crippen LogP contribution is 2.34. The number of hydrogen-bond donors (Lipinski definition) is 2. The van der Waals surface area contributed by atoms with Gasteiger partial charge in [-0.25, -0.2) is 18.6 Å². The topological polar surface area (TPSA) is 91.0 Å². The summed E-state index contributed by atoms with van der Waals surface area (Å²) in [6.07, 6.45) is -5.00. The minimum absolute atomic E-state index is 0.0340. The van der Waals surface area contributed by atoms with Gasteiger partial charge in [-0.1, -0.05) is 36.4 Å². The SMILES string of the molecule is CC(C)(C)OC(=O)N1CCN(c2cc(C(F)(F)F)ccc2CNNS(=O)(=O)Cc2ccccc2)CC1. The summed E-state index contributed by atoms with van der Waals surface area (Å²) in [4.78, 5) is 17.9. The number of nitrogens with one attached hydrogen (secondary N) is 2. The largest absolute Gasteiger partial charge is 0.444 e. The van der Waals surface area contributed by atoms with Gasteiger partial charge in [-0.2, -0.15) is 18.0 Å². The fourth-order valence-electron chi connectivity index (χ4n) is 3.71. The van der Waals surface area contributed by atoms with Crippen LogP contribution in [0.2, 0.25) is 0 Å². The maximum absolute atomic E-state index is 13.4. The Hall–Kier alpha value is -2.83. The van der Waals surface area contributed by atoms with Gasteiger partial charge in [0.05, 0.1) is 11.3 Å². The molecule has 0 unspecified atom stereocenters. The van der Waals surface area contributed by atoms with Gasteiger partial charge in [-0.15, -0.1) is 0 Å². The molecule has 1 heterocycles. The number of amides is 1. The molecule has 1 fully saturated rings. The molecule has 1 saturated heterocycles. The van der Waals surface area contributed by atoms with Crippen molar-refractivity contribution in [3.05, 3.63) is 65.2 Å². The number of hydrazine groups is 1. The molecule has 0 aliphatic carbocycles. The van der Waals surface area contributed by atoms with E-state index in [2.05, 4.69) is 10.3 Å². The Labute approximate surface area is 209 Å². The van der Waals surface area contributed by atoms with Crippen molar-refractivity contribution in [1.82, 2.24) is 15.2 Å². The van der Waals surface area contributed by atoms with Gasteiger partial charge >= 0.3 is 12.3 Å². The van der Waals surface area contributed by atoms with Gasteiger partial charge in [0.15, 0.2) is 0 Å². The first-order valence-corrected chi connectivity index (χ1v) is 13.1. The summed E-state index contributed by atoms with van der Waals surface area (Å²) in [6, 6.07) is 12.0. The molecule has 1 aliphatic rings. The number of carbonyl (C=O) groups is 1. The summed E-state index contributed by atoms with van der Waals surface area (Å²) >= 11 is 0. The Morgan fingerprint density at radius 3 is 2.22 bits per heavy atom. The second kappa shape index (κ2) is 11.1. The zero-order valence-electron chi connectivity index (χ0n) is 20.4. The Morgan fingerprint density at radius 2 is 1.64 bits per heavy atom. The van der Waals surface area contributed by atoms with Gasteiger partial charge in [-0.05, 0) is 44.0 Å². The van der Waals surface area contributed by atoms with Crippen LogP contribution in [0.25, 0.3) is 0 Å². The van der Waals surface area contributed by atoms with Crippen LogP contribution >= 0.6 is 0 Å². The lowest BCUT2D eigenvalue weighted by Gasteiger charge is -2.37. The number of benzene rings is 2. The number of anilines is 1. The average molecular weight is 529 g/mol. The third-order valence-electron chi connectivity index (χ3n) is 5.39. The molecule has 2 N–H and O–H groups in total. The van der Waals surface area contributed by atoms with Crippen molar-refractivity contribution in [1.29, 1.82) is 0 Å². The molecule has 2 aromatic rings. The second-order valence-electron chi connectivity index (χ2n) is 9.50. The van der Waals surface area contributed by atoms with Crippen molar-refractivity contribution >= 4 is 21.8 Å². The zero-order chi connectivity index (χ0) is 26.6. The van der Waals surface area contributed by atoms with Crippen molar-refractivity contribution in [2.24, 2.45) is 0 Å². The number of piperazine rings is 1. The molecule has 0 saturated carbocycles. The highest BCUT2D eigenvalue weighted by Gasteiger charge is 2.33. The molecular weight excluding hydrogens is 497 g/mol. The lowest BCUT2D eigenvalue weighted by Crippen LogP contribution is -2.50. The van der Waals surface area contributed by atoms with Crippen molar-refractivity contribution in [3.63, 3.8) is 0 Å². The molecule has 0 aromatic heterocycles. The van der Waals surface area contributed by atoms with E-state index < -0.39 is 33.5 Å². The molecule has 3 rings (SSSR count). The van der Waals surface area contributed by atoms with Crippen LogP contribution in [0.3, 0.4) is 0 Å². The summed E-state index contributed by atoms with van der Waals surface area (Å²) in [5.74, 6) is -0.243. The summed E-state index contributed by atoms with van der Waals surface area (Å²) in [6.45, 7) is 6.41. The Kier molecular flexibility index (Phi) is 8.52. The van der Waals surface area contributed by atoms with E-state index >= 15 is 0 Å². The lowest BCUT2D eigenvalue weighted by atomic mass is 10.1. The van der Waals surface area contributed by atoms with Gasteiger partial charge in [0.25, 0.3) is 0 Å². The van der Waals surface area contributed by atoms with E-state index in [4.69, 9.17) is 4.74 Å². The second-order valence-corrected chi connectivity index (χ2v) is 11.2. The van der Waals surface area contributed by atoms with E-state index in [0.717, 1.165) is 12.1 Å². The van der Waals surface area contributed by atoms with E-state index in [-0.39, 0.29) is 25.4 Å². The number of halogens is 3. The molecule has 0 radical (unpaired) electrons. The fourth-order valence-corrected chi connectivity index (χ4v) is 4.71. The number of nitrogens with zero attached hydrogens (tertiary/aromatic N) is 2. The Balaban J connectivity index is 1.69. The number of carbonyl (C=O) groups excluding carboxylic acids is 1. The van der Waals surface area contributed by atoms with E-state index in [0.29, 0.717) is 29.9 Å². The molecule has 198 valence electrons. The van der Waals surface area contributed by atoms with Crippen LogP contribution in [-0.2, 0) is 33.2 Å². The Bertz CT molecular complexity index is 1140. The minimum Gasteiger partial charge on any atom is -0.444 e. The van der Waals surface area contributed by atoms with Gasteiger partial charge < -0.3 is 14.5 Å². The van der Waals surface area contributed by atoms with Crippen LogP contribution < -0.4 is 15.2 Å². The number of rotatable bonds is 7. The molecule has 0 spiro atoms. The van der Waals surface area contributed by atoms with Crippen LogP contribution in [0.5, 0.6) is 0 Å². The molecule has 0 atom stereocenters. The summed E-state index contributed by atoms with van der Waals surface area (Å²) in [7, 11) is -3.72. The van der Waals surface area contributed by atoms with Crippen LogP contribution in [0.4, 0.5) is 23.7 Å². The third-order valence-corrected chi connectivity index (χ3v) is 6.56. The predicted octanol–water partition coefficient (Wildman–Crippen LogP) is 3.89. The molecule has 0 bridgehead atoms. The van der Waals surface area contributed by atoms with Gasteiger partial charge in [0.1, 0.15) is 5.60 Å². The van der Waals surface area contributed by atoms with Crippen molar-refractivity contribution < 1.29 is 31.1 Å². The lowest BCUT2D eigenvalue weighted by molar-refractivity contribution is -0.137. The summed E-state index contributed by atoms with van der Waals surface area (Å²) in [5, 5.41) is 0. The summed E-state index contributed by atoms with van der Waals surface area (Å²) < 4.78 is 70.4. The first-order valence-electron chi connectivity index (χ1n) is 11.4. The molecule has 36 heavy (non-hydrogen) atoms. The minimum atomic E-state index is -4.53. The van der Waals surface area contributed by atoms with E-state index in [1.807, 2.05) is 0 Å². The molecular formula is C24H31F3N4O4S. The van der Waals surface area contributed by atoms with E-state index in [1.54, 1.807) is 56.0 Å². The number of ether oxygens (including phenoxy) is 1. The molecule has 1 aliphatic heterocycles. The van der Waals surface area contributed by atoms with Crippen molar-refractivity contribution in [3.8, 4) is 0 Å². The molecule has 2 aromatic carbocycles. The Morgan fingerprint density at radius 1 is 1.00 bits per heavy atom. The maximum atomic E-state index is 13.4. The predicted molar refractivity (Wildman–Crippen MR) is 131 cm³/mol. The average Bonchev–Trinajstić information content (AvgIpc) is 2.78. The molecule has 8 nitrogen and oxygen atoms in total. The highest BCUT2D eigenvalue weighted by molar-refractivity contribution is 7.88. The normalized spacial score (nSPS) is 15.2. The van der Waals surface area contributed by atoms with Crippen molar-refractivity contribution in [2.75, 3.05) is 31.1 Å². The van der Waals surface area contributed by atoms with Crippen molar-refractivity contribution in [2.45, 2.75) is 44.8 Å². The highest BCUT2D eigenvalue weighted by atomic mass is 32.2. The fraction of sp³-hybridized carbons (Fsp3) is 0.458. The summed E-state index contributed by atoms with van der Waals surface area (Å²) in [5.41, 5.74) is 2.57. The third kappa shape index (κ3) is 8.10. The monoisotopic (exact) mass is 528 g/mol. The van der Waals surface area contributed by atoms with Crippen LogP contribution in [0.15, 0.2) is 48.5 Å². The first-order chi connectivity index (χ1) is 16.7. The first kappa shape index (κ1) is 27.8. The zero-order valence-corrected chi connectivity index (χ0v) is 21.2. The van der Waals surface area contributed by atoms with Crippen LogP contribution in [0.1, 0.15) is 37.5 Å². The maximum Gasteiger partial charge on any atom is 0.416 e. The van der Waals surface area contributed by atoms with Crippen LogP contribution in [-0.4, -0.2) is 51.2 Å². The van der Waals surface area contributed by atoms with E-state index in [1.165, 1.54) is 11.0 Å². The number of hydrogen-bond acceptors (Lipinski definition) is 6. The molecule has 12 heteroatoms. The smallest absolute Gasteiger partial charge is 0.416 e. The van der Waals surface area contributed by atoms with Gasteiger partial charge in [0.2, 0.25) is 10.0 Å². The van der Waals surface area contributed by atoms with E-state index in [9.17, 15) is 26.4 Å². The molecule has 1 amide bonds. The number of sulfonamides is 1. The van der Waals surface area contributed by atoms with Gasteiger partial charge in [-0.3, -0.25) is 0 Å². The quantitative estimate of drug-likeness (QED) is 0.530.